The summed E-state index contributed by atoms with van der Waals surface area (Å²) in [6, 6.07) is 20.7. The van der Waals surface area contributed by atoms with Crippen LogP contribution in [-0.2, 0) is 12.4 Å². The van der Waals surface area contributed by atoms with E-state index in [4.69, 9.17) is 0 Å². The van der Waals surface area contributed by atoms with Gasteiger partial charge in [0.2, 0.25) is 0 Å². The van der Waals surface area contributed by atoms with Gasteiger partial charge in [-0.25, -0.2) is 0 Å². The molecule has 0 saturated carbocycles. The summed E-state index contributed by atoms with van der Waals surface area (Å²) in [7, 11) is 0. The van der Waals surface area contributed by atoms with E-state index >= 15 is 0 Å². The van der Waals surface area contributed by atoms with Crippen LogP contribution in [0, 0.1) is 0 Å². The van der Waals surface area contributed by atoms with Crippen LogP contribution in [0.4, 0.5) is 49.1 Å². The van der Waals surface area contributed by atoms with Crippen LogP contribution in [0.1, 0.15) is 31.8 Å². The molecule has 0 fully saturated rings. The van der Waals surface area contributed by atoms with Gasteiger partial charge in [0.15, 0.2) is 0 Å². The predicted molar refractivity (Wildman–Crippen MR) is 137 cm³/mol. The second-order valence-corrected chi connectivity index (χ2v) is 8.07. The van der Waals surface area contributed by atoms with E-state index in [1.165, 1.54) is 60.7 Å². The van der Waals surface area contributed by atoms with Gasteiger partial charge < -0.3 is 30.4 Å². The first-order chi connectivity index (χ1) is 18.8. The number of para-hydroxylation sites is 2. The minimum Gasteiger partial charge on any atom is -0.545 e. The molecule has 4 aromatic carbocycles. The number of hydrogen-bond donors (Lipinski definition) is 2. The summed E-state index contributed by atoms with van der Waals surface area (Å²) >= 11 is 0. The van der Waals surface area contributed by atoms with Crippen molar-refractivity contribution in [2.75, 3.05) is 10.6 Å². The summed E-state index contributed by atoms with van der Waals surface area (Å²) < 4.78 is 75.5. The molecule has 0 amide bonds. The molecule has 0 heterocycles. The smallest absolute Gasteiger partial charge is 0.545 e. The molecule has 0 aliphatic heterocycles. The third-order valence-electron chi connectivity index (χ3n) is 5.23. The summed E-state index contributed by atoms with van der Waals surface area (Å²) in [5.74, 6) is -2.81. The van der Waals surface area contributed by atoms with E-state index < -0.39 is 35.4 Å². The molecule has 0 unspecified atom stereocenters. The number of anilines is 4. The molecule has 1 radical (unpaired) electrons. The molecule has 2 N–H and O–H groups in total. The van der Waals surface area contributed by atoms with Crippen molar-refractivity contribution in [1.29, 1.82) is 0 Å². The first kappa shape index (κ1) is 32.7. The van der Waals surface area contributed by atoms with E-state index in [0.29, 0.717) is 0 Å². The topological polar surface area (TPSA) is 104 Å². The number of carbonyl (C=O) groups excluding carboxylic acids is 2. The number of rotatable bonds is 6. The Hall–Kier alpha value is -4.47. The molecule has 209 valence electrons. The van der Waals surface area contributed by atoms with Gasteiger partial charge in [0.05, 0.1) is 23.1 Å². The summed E-state index contributed by atoms with van der Waals surface area (Å²) in [5, 5.41) is 27.1. The maximum atomic E-state index is 12.6. The fraction of sp³-hybridized carbons (Fsp3) is 0.0714. The molecule has 0 aliphatic rings. The number of carbonyl (C=O) groups is 2. The monoisotopic (exact) mass is 587 g/mol. The zero-order valence-electron chi connectivity index (χ0n) is 20.7. The van der Waals surface area contributed by atoms with E-state index in [1.807, 2.05) is 0 Å². The number of alkyl halides is 6. The first-order valence-corrected chi connectivity index (χ1v) is 11.2. The second-order valence-electron chi connectivity index (χ2n) is 8.07. The van der Waals surface area contributed by atoms with Crippen LogP contribution in [0.5, 0.6) is 0 Å². The maximum absolute atomic E-state index is 12.6. The average molecular weight is 587 g/mol. The second kappa shape index (κ2) is 13.7. The van der Waals surface area contributed by atoms with Crippen molar-refractivity contribution in [3.8, 4) is 0 Å². The van der Waals surface area contributed by atoms with Gasteiger partial charge in [0, 0.05) is 33.9 Å². The number of nitrogens with one attached hydrogen (secondary N) is 2. The number of carboxylic acid groups (broad SMARTS) is 2. The van der Waals surface area contributed by atoms with Gasteiger partial charge in [-0.15, -0.1) is 0 Å². The van der Waals surface area contributed by atoms with Crippen molar-refractivity contribution in [3.63, 3.8) is 0 Å². The fourth-order valence-corrected chi connectivity index (χ4v) is 3.40. The number of benzene rings is 4. The summed E-state index contributed by atoms with van der Waals surface area (Å²) in [6.45, 7) is 0. The molecule has 0 bridgehead atoms. The van der Waals surface area contributed by atoms with Crippen LogP contribution in [-0.4, -0.2) is 29.3 Å². The van der Waals surface area contributed by atoms with Crippen LogP contribution in [0.2, 0.25) is 0 Å². The largest absolute Gasteiger partial charge is 2.00 e. The van der Waals surface area contributed by atoms with Gasteiger partial charge in [-0.2, -0.15) is 26.3 Å². The zero-order valence-corrected chi connectivity index (χ0v) is 21.9. The van der Waals surface area contributed by atoms with Crippen molar-refractivity contribution in [3.05, 3.63) is 119 Å². The molecule has 4 rings (SSSR count). The van der Waals surface area contributed by atoms with E-state index in [9.17, 15) is 46.1 Å². The molecular weight excluding hydrogens is 569 g/mol. The van der Waals surface area contributed by atoms with Crippen molar-refractivity contribution in [2.45, 2.75) is 12.4 Å². The number of hydrogen-bond acceptors (Lipinski definition) is 6. The molecule has 41 heavy (non-hydrogen) atoms. The Bertz CT molecular complexity index is 1400. The molecule has 4 aromatic rings. The van der Waals surface area contributed by atoms with Crippen molar-refractivity contribution >= 4 is 52.0 Å². The Kier molecular flexibility index (Phi) is 11.0. The third kappa shape index (κ3) is 9.30. The standard InChI is InChI=1S/2C14H10F3NO2.Al/c2*15-14(16,17)9-4-3-5-10(8-9)18-12-7-2-1-6-11(12)13(19)20;/h2*1-8,18H,(H,19,20);/q;;+2/p-2. The van der Waals surface area contributed by atoms with Gasteiger partial charge in [0.25, 0.3) is 0 Å². The van der Waals surface area contributed by atoms with Gasteiger partial charge in [-0.3, -0.25) is 0 Å². The Morgan fingerprint density at radius 2 is 0.878 bits per heavy atom. The quantitative estimate of drug-likeness (QED) is 0.236. The van der Waals surface area contributed by atoms with Gasteiger partial charge in [-0.1, -0.05) is 48.5 Å². The average Bonchev–Trinajstić information content (AvgIpc) is 2.89. The van der Waals surface area contributed by atoms with E-state index in [-0.39, 0.29) is 51.2 Å². The number of carboxylic acids is 2. The zero-order chi connectivity index (χ0) is 29.5. The van der Waals surface area contributed by atoms with Gasteiger partial charge in [-0.05, 0) is 48.5 Å². The van der Waals surface area contributed by atoms with Crippen LogP contribution >= 0.6 is 0 Å². The van der Waals surface area contributed by atoms with Gasteiger partial charge >= 0.3 is 29.7 Å². The fourth-order valence-electron chi connectivity index (χ4n) is 3.40. The molecule has 0 aliphatic carbocycles. The van der Waals surface area contributed by atoms with E-state index in [0.717, 1.165) is 24.3 Å². The van der Waals surface area contributed by atoms with E-state index in [2.05, 4.69) is 10.6 Å². The summed E-state index contributed by atoms with van der Waals surface area (Å²) in [4.78, 5) is 21.8. The van der Waals surface area contributed by atoms with Crippen molar-refractivity contribution in [2.24, 2.45) is 0 Å². The summed E-state index contributed by atoms with van der Waals surface area (Å²) in [6.07, 6.45) is -8.91. The van der Waals surface area contributed by atoms with Crippen LogP contribution in [0.3, 0.4) is 0 Å². The summed E-state index contributed by atoms with van der Waals surface area (Å²) in [5.41, 5.74) is -1.22. The van der Waals surface area contributed by atoms with Crippen LogP contribution < -0.4 is 20.8 Å². The molecular formula is C28H18AlF6N2O4. The normalized spacial score (nSPS) is 10.9. The molecule has 0 saturated heterocycles. The predicted octanol–water partition coefficient (Wildman–Crippen LogP) is 5.24. The van der Waals surface area contributed by atoms with Crippen molar-refractivity contribution < 1.29 is 46.1 Å². The third-order valence-corrected chi connectivity index (χ3v) is 5.23. The Morgan fingerprint density at radius 3 is 1.20 bits per heavy atom. The Morgan fingerprint density at radius 1 is 0.537 bits per heavy atom. The Labute approximate surface area is 240 Å². The molecule has 0 spiro atoms. The minimum absolute atomic E-state index is 0. The van der Waals surface area contributed by atoms with Gasteiger partial charge in [0.1, 0.15) is 0 Å². The minimum atomic E-state index is -4.45. The van der Waals surface area contributed by atoms with Crippen LogP contribution in [0.25, 0.3) is 0 Å². The maximum Gasteiger partial charge on any atom is 2.00 e. The Balaban J connectivity index is 0.000000280. The van der Waals surface area contributed by atoms with Crippen molar-refractivity contribution in [1.82, 2.24) is 0 Å². The molecule has 6 nitrogen and oxygen atoms in total. The molecule has 0 atom stereocenters. The number of aromatic carboxylic acids is 2. The van der Waals surface area contributed by atoms with E-state index in [1.54, 1.807) is 12.1 Å². The molecule has 13 heteroatoms. The first-order valence-electron chi connectivity index (χ1n) is 11.2. The van der Waals surface area contributed by atoms with Crippen LogP contribution in [0.15, 0.2) is 97.1 Å². The SMILES string of the molecule is O=C([O-])c1ccccc1Nc1cccc(C(F)(F)F)c1.O=C([O-])c1ccccc1Nc1cccc(C(F)(F)F)c1.[Al+2]. The molecule has 0 aromatic heterocycles. The number of halogens is 6.